The normalized spacial score (nSPS) is 13.4. The number of benzene rings is 4. The molecule has 0 aromatic heterocycles. The van der Waals surface area contributed by atoms with Gasteiger partial charge in [0.1, 0.15) is 11.9 Å². The molecule has 5 rings (SSSR count). The molecule has 11 nitrogen and oxygen atoms in total. The molecule has 260 valence electrons. The molecule has 0 saturated heterocycles. The van der Waals surface area contributed by atoms with Crippen LogP contribution in [0.1, 0.15) is 29.2 Å². The third-order valence-corrected chi connectivity index (χ3v) is 10.7. The third-order valence-electron chi connectivity index (χ3n) is 8.12. The van der Waals surface area contributed by atoms with Gasteiger partial charge in [0.05, 0.1) is 9.79 Å². The molecular weight excluding hydrogens is 701 g/mol. The summed E-state index contributed by atoms with van der Waals surface area (Å²) in [5.74, 6) is 0. The number of hydrogen-bond acceptors (Lipinski definition) is 7. The first-order valence-electron chi connectivity index (χ1n) is 15.3. The highest BCUT2D eigenvalue weighted by Crippen LogP contribution is 2.35. The van der Waals surface area contributed by atoms with Crippen LogP contribution in [-0.4, -0.2) is 62.8 Å². The zero-order chi connectivity index (χ0) is 36.3. The van der Waals surface area contributed by atoms with Crippen molar-refractivity contribution in [3.63, 3.8) is 0 Å². The van der Waals surface area contributed by atoms with E-state index in [1.807, 2.05) is 72.0 Å². The van der Waals surface area contributed by atoms with Crippen LogP contribution < -0.4 is 4.90 Å². The van der Waals surface area contributed by atoms with E-state index in [1.54, 1.807) is 36.4 Å². The predicted octanol–water partition coefficient (Wildman–Crippen LogP) is 5.66. The Labute approximate surface area is 292 Å². The molecule has 0 spiro atoms. The van der Waals surface area contributed by atoms with Crippen molar-refractivity contribution < 1.29 is 43.5 Å². The zero-order valence-electron chi connectivity index (χ0n) is 27.1. The van der Waals surface area contributed by atoms with Crippen LogP contribution in [0.4, 0.5) is 5.69 Å². The Morgan fingerprint density at radius 3 is 1.78 bits per heavy atom. The average Bonchev–Trinajstić information content (AvgIpc) is 3.07. The Hall–Kier alpha value is -4.70. The molecule has 0 saturated carbocycles. The zero-order valence-corrected chi connectivity index (χ0v) is 29.5. The summed E-state index contributed by atoms with van der Waals surface area (Å²) in [5.41, 5.74) is 5.09. The predicted molar refractivity (Wildman–Crippen MR) is 191 cm³/mol. The molecule has 1 aliphatic rings. The van der Waals surface area contributed by atoms with Gasteiger partial charge in [-0.15, -0.1) is 0 Å². The van der Waals surface area contributed by atoms with Crippen molar-refractivity contribution in [3.05, 3.63) is 149 Å². The van der Waals surface area contributed by atoms with Gasteiger partial charge in [0.25, 0.3) is 30.4 Å². The smallest absolute Gasteiger partial charge is 0.295 e. The van der Waals surface area contributed by atoms with E-state index < -0.39 is 30.4 Å². The minimum Gasteiger partial charge on any atom is -0.367 e. The van der Waals surface area contributed by atoms with E-state index in [1.165, 1.54) is 36.4 Å². The second-order valence-electron chi connectivity index (χ2n) is 11.6. The van der Waals surface area contributed by atoms with Crippen LogP contribution in [0.15, 0.2) is 142 Å². The lowest BCUT2D eigenvalue weighted by Crippen LogP contribution is -2.22. The average molecular weight is 736 g/mol. The van der Waals surface area contributed by atoms with Gasteiger partial charge in [0, 0.05) is 42.1 Å². The molecule has 0 fully saturated rings. The van der Waals surface area contributed by atoms with E-state index in [4.69, 9.17) is 0 Å². The summed E-state index contributed by atoms with van der Waals surface area (Å²) < 4.78 is 102. The number of allylic oxidation sites excluding steroid dienone is 5. The number of rotatable bonds is 11. The van der Waals surface area contributed by atoms with E-state index in [2.05, 4.69) is 0 Å². The van der Waals surface area contributed by atoms with Gasteiger partial charge in [0.15, 0.2) is 12.3 Å². The molecule has 1 aliphatic carbocycles. The van der Waals surface area contributed by atoms with Crippen LogP contribution in [0.5, 0.6) is 0 Å². The molecular formula is C36H35N2O9S3+. The van der Waals surface area contributed by atoms with Crippen molar-refractivity contribution in [2.45, 2.75) is 34.7 Å². The van der Waals surface area contributed by atoms with E-state index >= 15 is 0 Å². The van der Waals surface area contributed by atoms with Gasteiger partial charge in [-0.25, -0.2) is 4.58 Å². The monoisotopic (exact) mass is 735 g/mol. The summed E-state index contributed by atoms with van der Waals surface area (Å²) in [5, 5.41) is 0. The maximum Gasteiger partial charge on any atom is 0.295 e. The molecule has 14 heteroatoms. The maximum absolute atomic E-state index is 12.5. The SMILES string of the molecule is CCN(Cc1cccc(S(=O)(=O)O)c1)c1ccc(C(=C2C=CC(=[N+](C)Cc3cccc(S(=O)(=O)O)c3)C=C2)c2ccccc2S(=O)(=O)O)cc1. The molecule has 0 bridgehead atoms. The highest BCUT2D eigenvalue weighted by Gasteiger charge is 2.22. The van der Waals surface area contributed by atoms with Crippen molar-refractivity contribution in [3.8, 4) is 0 Å². The van der Waals surface area contributed by atoms with Gasteiger partial charge >= 0.3 is 0 Å². The van der Waals surface area contributed by atoms with Gasteiger partial charge in [-0.05, 0) is 83.8 Å². The van der Waals surface area contributed by atoms with Crippen LogP contribution in [0.25, 0.3) is 5.57 Å². The number of anilines is 1. The van der Waals surface area contributed by atoms with E-state index in [9.17, 15) is 38.9 Å². The van der Waals surface area contributed by atoms with Gasteiger partial charge < -0.3 is 4.90 Å². The van der Waals surface area contributed by atoms with Gasteiger partial charge in [-0.2, -0.15) is 25.3 Å². The lowest BCUT2D eigenvalue weighted by atomic mass is 9.90. The first-order chi connectivity index (χ1) is 23.5. The molecule has 3 N–H and O–H groups in total. The van der Waals surface area contributed by atoms with Crippen LogP contribution in [0, 0.1) is 0 Å². The minimum atomic E-state index is -4.60. The molecule has 0 amide bonds. The third kappa shape index (κ3) is 8.71. The largest absolute Gasteiger partial charge is 0.367 e. The molecule has 50 heavy (non-hydrogen) atoms. The number of nitrogens with zero attached hydrogens (tertiary/aromatic N) is 2. The van der Waals surface area contributed by atoms with Crippen LogP contribution in [0.3, 0.4) is 0 Å². The Bertz CT molecular complexity index is 2380. The highest BCUT2D eigenvalue weighted by atomic mass is 32.2. The summed E-state index contributed by atoms with van der Waals surface area (Å²) in [6, 6.07) is 25.7. The number of hydrogen-bond donors (Lipinski definition) is 3. The van der Waals surface area contributed by atoms with E-state index in [-0.39, 0.29) is 14.7 Å². The standard InChI is InChI=1S/C36H34N2O9S3/c1-3-38(25-27-9-7-11-33(23-27)49(42,43)44)31-20-16-29(17-21-31)36(34-12-4-5-13-35(34)50(45,46)47)28-14-18-30(19-15-28)37(2)24-26-8-6-10-32(22-26)48(39,40)41/h4-23H,3,24-25H2,1-2H3,(H2-,39,40,41,42,43,44,45,46,47)/p+1. The highest BCUT2D eigenvalue weighted by molar-refractivity contribution is 7.86. The second-order valence-corrected chi connectivity index (χ2v) is 15.8. The fourth-order valence-corrected chi connectivity index (χ4v) is 7.48. The molecule has 0 aliphatic heterocycles. The van der Waals surface area contributed by atoms with Gasteiger partial charge in [0.2, 0.25) is 0 Å². The molecule has 4 aromatic rings. The van der Waals surface area contributed by atoms with Crippen LogP contribution >= 0.6 is 0 Å². The van der Waals surface area contributed by atoms with Crippen molar-refractivity contribution in [2.75, 3.05) is 18.5 Å². The fourth-order valence-electron chi connectivity index (χ4n) is 5.68. The Morgan fingerprint density at radius 2 is 1.22 bits per heavy atom. The van der Waals surface area contributed by atoms with E-state index in [0.29, 0.717) is 53.0 Å². The van der Waals surface area contributed by atoms with Crippen molar-refractivity contribution in [2.24, 2.45) is 0 Å². The first-order valence-corrected chi connectivity index (χ1v) is 19.6. The van der Waals surface area contributed by atoms with Crippen molar-refractivity contribution in [1.82, 2.24) is 0 Å². The van der Waals surface area contributed by atoms with Crippen molar-refractivity contribution in [1.29, 1.82) is 0 Å². The Kier molecular flexibility index (Phi) is 10.7. The summed E-state index contributed by atoms with van der Waals surface area (Å²) >= 11 is 0. The van der Waals surface area contributed by atoms with Crippen LogP contribution in [0.2, 0.25) is 0 Å². The Morgan fingerprint density at radius 1 is 0.660 bits per heavy atom. The summed E-state index contributed by atoms with van der Waals surface area (Å²) in [6.45, 7) is 3.22. The van der Waals surface area contributed by atoms with E-state index in [0.717, 1.165) is 11.4 Å². The molecule has 4 aromatic carbocycles. The lowest BCUT2D eigenvalue weighted by molar-refractivity contribution is -0.512. The topological polar surface area (TPSA) is 169 Å². The van der Waals surface area contributed by atoms with Gasteiger partial charge in [-0.3, -0.25) is 13.7 Å². The lowest BCUT2D eigenvalue weighted by Gasteiger charge is -2.24. The fraction of sp³-hybridized carbons (Fsp3) is 0.139. The van der Waals surface area contributed by atoms with Crippen molar-refractivity contribution >= 4 is 47.3 Å². The molecule has 0 atom stereocenters. The van der Waals surface area contributed by atoms with Crippen LogP contribution in [-0.2, 0) is 43.4 Å². The summed E-state index contributed by atoms with van der Waals surface area (Å²) in [6.07, 6.45) is 7.33. The summed E-state index contributed by atoms with van der Waals surface area (Å²) in [4.78, 5) is 1.36. The maximum atomic E-state index is 12.5. The minimum absolute atomic E-state index is 0.193. The Balaban J connectivity index is 1.52. The molecule has 0 unspecified atom stereocenters. The first kappa shape index (κ1) is 36.6. The van der Waals surface area contributed by atoms with Gasteiger partial charge in [-0.1, -0.05) is 54.6 Å². The summed E-state index contributed by atoms with van der Waals surface area (Å²) in [7, 11) is -11.5. The molecule has 0 heterocycles. The second kappa shape index (κ2) is 14.6. The molecule has 0 radical (unpaired) electrons. The quantitative estimate of drug-likeness (QED) is 0.129.